The minimum absolute atomic E-state index is 0.0485. The van der Waals surface area contributed by atoms with Gasteiger partial charge in [-0.3, -0.25) is 9.20 Å². The first kappa shape index (κ1) is 18.8. The van der Waals surface area contributed by atoms with Gasteiger partial charge in [-0.2, -0.15) is 0 Å². The highest BCUT2D eigenvalue weighted by Gasteiger charge is 2.59. The molecule has 0 bridgehead atoms. The summed E-state index contributed by atoms with van der Waals surface area (Å²) in [6.07, 6.45) is 1.64. The predicted octanol–water partition coefficient (Wildman–Crippen LogP) is 1.35. The van der Waals surface area contributed by atoms with Crippen LogP contribution in [0.5, 0.6) is 0 Å². The Kier molecular flexibility index (Phi) is 4.59. The normalized spacial score (nSPS) is 25.2. The van der Waals surface area contributed by atoms with Crippen molar-refractivity contribution >= 4 is 35.1 Å². The molecular weight excluding hydrogens is 380 g/mol. The van der Waals surface area contributed by atoms with Crippen molar-refractivity contribution < 1.29 is 19.8 Å². The molecule has 4 heterocycles. The van der Waals surface area contributed by atoms with Crippen LogP contribution >= 0.6 is 11.8 Å². The fourth-order valence-corrected chi connectivity index (χ4v) is 5.46. The Labute approximate surface area is 166 Å². The Balaban J connectivity index is 1.53. The number of carbonyl (C=O) groups excluding carboxylic acids is 1. The summed E-state index contributed by atoms with van der Waals surface area (Å²) in [6.45, 7) is 3.49. The number of anilines is 1. The zero-order chi connectivity index (χ0) is 20.2. The van der Waals surface area contributed by atoms with Gasteiger partial charge in [-0.05, 0) is 19.1 Å². The number of rotatable bonds is 6. The van der Waals surface area contributed by atoms with Crippen molar-refractivity contribution in [3.63, 3.8) is 0 Å². The van der Waals surface area contributed by atoms with Gasteiger partial charge in [0.1, 0.15) is 17.2 Å². The molecule has 2 aliphatic rings. The highest BCUT2D eigenvalue weighted by atomic mass is 32.2. The van der Waals surface area contributed by atoms with Gasteiger partial charge in [-0.1, -0.05) is 13.0 Å². The molecule has 0 radical (unpaired) electrons. The Hall–Kier alpha value is -2.52. The van der Waals surface area contributed by atoms with Gasteiger partial charge in [-0.25, -0.2) is 9.78 Å². The second kappa shape index (κ2) is 6.82. The number of hydrogen-bond donors (Lipinski definition) is 3. The monoisotopic (exact) mass is 402 g/mol. The molecule has 3 unspecified atom stereocenters. The first-order chi connectivity index (χ1) is 13.3. The van der Waals surface area contributed by atoms with Gasteiger partial charge >= 0.3 is 5.97 Å². The topological polar surface area (TPSA) is 121 Å². The summed E-state index contributed by atoms with van der Waals surface area (Å²) >= 11 is 1.42. The average Bonchev–Trinajstić information content (AvgIpc) is 3.08. The number of aliphatic hydroxyl groups excluding tert-OH is 1. The lowest BCUT2D eigenvalue weighted by Crippen LogP contribution is -2.63. The van der Waals surface area contributed by atoms with E-state index in [2.05, 4.69) is 4.98 Å². The second-order valence-corrected chi connectivity index (χ2v) is 8.38. The predicted molar refractivity (Wildman–Crippen MR) is 105 cm³/mol. The van der Waals surface area contributed by atoms with Gasteiger partial charge in [0, 0.05) is 29.2 Å². The number of aliphatic carboxylic acids is 1. The van der Waals surface area contributed by atoms with E-state index in [1.54, 1.807) is 6.92 Å². The number of aromatic nitrogens is 2. The number of hydrogen-bond acceptors (Lipinski definition) is 6. The molecule has 1 amide bonds. The first-order valence-electron chi connectivity index (χ1n) is 9.15. The summed E-state index contributed by atoms with van der Waals surface area (Å²) < 4.78 is 1.82. The van der Waals surface area contributed by atoms with Crippen molar-refractivity contribution in [2.75, 3.05) is 11.5 Å². The number of imidazole rings is 1. The van der Waals surface area contributed by atoms with E-state index in [-0.39, 0.29) is 23.6 Å². The van der Waals surface area contributed by atoms with Gasteiger partial charge in [0.05, 0.1) is 23.8 Å². The fraction of sp³-hybridized carbons (Fsp3) is 0.421. The van der Waals surface area contributed by atoms with Gasteiger partial charge in [0.2, 0.25) is 5.91 Å². The quantitative estimate of drug-likeness (QED) is 0.624. The Morgan fingerprint density at radius 2 is 2.18 bits per heavy atom. The molecule has 0 saturated carbocycles. The Morgan fingerprint density at radius 1 is 1.43 bits per heavy atom. The molecular formula is C19H22N4O4S. The minimum Gasteiger partial charge on any atom is -0.477 e. The third-order valence-electron chi connectivity index (χ3n) is 5.55. The summed E-state index contributed by atoms with van der Waals surface area (Å²) in [5.74, 6) is -0.927. The van der Waals surface area contributed by atoms with Crippen LogP contribution in [-0.2, 0) is 16.0 Å². The number of β-lactam (4-membered cyclic amide) rings is 1. The Morgan fingerprint density at radius 3 is 2.82 bits per heavy atom. The largest absolute Gasteiger partial charge is 0.477 e. The molecule has 8 nitrogen and oxygen atoms in total. The third-order valence-corrected chi connectivity index (χ3v) is 6.83. The number of fused-ring (bicyclic) bond motifs is 2. The summed E-state index contributed by atoms with van der Waals surface area (Å²) in [6, 6.07) is 5.36. The number of carboxylic acid groups (broad SMARTS) is 1. The number of carboxylic acids is 1. The van der Waals surface area contributed by atoms with E-state index < -0.39 is 18.0 Å². The van der Waals surface area contributed by atoms with Crippen LogP contribution in [0.15, 0.2) is 35.0 Å². The minimum atomic E-state index is -1.11. The highest BCUT2D eigenvalue weighted by Crippen LogP contribution is 2.50. The number of aryl methyl sites for hydroxylation is 1. The van der Waals surface area contributed by atoms with Crippen LogP contribution in [0.25, 0.3) is 5.65 Å². The maximum absolute atomic E-state index is 12.4. The summed E-state index contributed by atoms with van der Waals surface area (Å²) in [5, 5.41) is 19.6. The highest BCUT2D eigenvalue weighted by molar-refractivity contribution is 8.03. The lowest BCUT2D eigenvalue weighted by Gasteiger charge is -2.46. The molecule has 9 heteroatoms. The van der Waals surface area contributed by atoms with Gasteiger partial charge in [-0.15, -0.1) is 11.8 Å². The molecule has 0 aromatic carbocycles. The fourth-order valence-electron chi connectivity index (χ4n) is 4.22. The lowest BCUT2D eigenvalue weighted by atomic mass is 9.79. The number of thioether (sulfide) groups is 1. The molecule has 4 atom stereocenters. The Bertz CT molecular complexity index is 999. The first-order valence-corrected chi connectivity index (χ1v) is 10.1. The van der Waals surface area contributed by atoms with E-state index in [0.717, 1.165) is 11.3 Å². The van der Waals surface area contributed by atoms with Crippen molar-refractivity contribution in [2.24, 2.45) is 11.8 Å². The van der Waals surface area contributed by atoms with Crippen molar-refractivity contribution in [1.29, 1.82) is 0 Å². The molecule has 4 rings (SSSR count). The second-order valence-electron chi connectivity index (χ2n) is 7.24. The van der Waals surface area contributed by atoms with Crippen LogP contribution in [0.2, 0.25) is 0 Å². The van der Waals surface area contributed by atoms with E-state index in [9.17, 15) is 19.8 Å². The van der Waals surface area contributed by atoms with Crippen LogP contribution < -0.4 is 5.73 Å². The molecule has 2 aromatic heterocycles. The van der Waals surface area contributed by atoms with Gasteiger partial charge < -0.3 is 20.8 Å². The van der Waals surface area contributed by atoms with Gasteiger partial charge in [0.15, 0.2) is 0 Å². The van der Waals surface area contributed by atoms with E-state index >= 15 is 0 Å². The maximum atomic E-state index is 12.4. The molecule has 148 valence electrons. The van der Waals surface area contributed by atoms with E-state index in [4.69, 9.17) is 5.73 Å². The molecule has 2 aliphatic heterocycles. The van der Waals surface area contributed by atoms with Crippen molar-refractivity contribution in [1.82, 2.24) is 14.3 Å². The zero-order valence-corrected chi connectivity index (χ0v) is 16.4. The molecule has 4 N–H and O–H groups in total. The number of pyridine rings is 1. The van der Waals surface area contributed by atoms with E-state index in [0.29, 0.717) is 22.9 Å². The lowest BCUT2D eigenvalue weighted by molar-refractivity contribution is -0.163. The zero-order valence-electron chi connectivity index (χ0n) is 15.6. The van der Waals surface area contributed by atoms with Crippen LogP contribution in [0.1, 0.15) is 19.5 Å². The van der Waals surface area contributed by atoms with Crippen LogP contribution in [0.4, 0.5) is 5.82 Å². The summed E-state index contributed by atoms with van der Waals surface area (Å²) in [4.78, 5) is 30.7. The van der Waals surface area contributed by atoms with Gasteiger partial charge in [0.25, 0.3) is 0 Å². The molecule has 1 fully saturated rings. The smallest absolute Gasteiger partial charge is 0.353 e. The van der Waals surface area contributed by atoms with Crippen LogP contribution in [0, 0.1) is 11.8 Å². The van der Waals surface area contributed by atoms with E-state index in [1.807, 2.05) is 35.7 Å². The molecule has 2 aromatic rings. The molecule has 28 heavy (non-hydrogen) atoms. The number of nitrogens with two attached hydrogens (primary N) is 1. The van der Waals surface area contributed by atoms with Crippen molar-refractivity contribution in [2.45, 2.75) is 32.4 Å². The summed E-state index contributed by atoms with van der Waals surface area (Å²) in [7, 11) is 0. The maximum Gasteiger partial charge on any atom is 0.353 e. The third kappa shape index (κ3) is 2.68. The van der Waals surface area contributed by atoms with Crippen LogP contribution in [-0.4, -0.2) is 54.3 Å². The van der Waals surface area contributed by atoms with Crippen molar-refractivity contribution in [3.8, 4) is 0 Å². The van der Waals surface area contributed by atoms with Crippen molar-refractivity contribution in [3.05, 3.63) is 40.7 Å². The van der Waals surface area contributed by atoms with Crippen LogP contribution in [0.3, 0.4) is 0 Å². The average molecular weight is 402 g/mol. The SMILES string of the molecule is CC(O)C1C(=O)N2C(C(=O)O)=C(SCCc3nc4ccccn4c3N)[C@H](C)C12. The van der Waals surface area contributed by atoms with E-state index in [1.165, 1.54) is 16.7 Å². The number of nitrogen functional groups attached to an aromatic ring is 1. The number of carbonyl (C=O) groups is 2. The number of aliphatic hydroxyl groups is 1. The number of nitrogens with zero attached hydrogens (tertiary/aromatic N) is 3. The molecule has 0 spiro atoms. The standard InChI is InChI=1S/C19H22N4O4S/c1-9-14-13(10(2)24)18(25)23(14)15(19(26)27)16(9)28-8-6-11-17(20)22-7-4-3-5-12(22)21-11/h3-5,7,9-10,13-14,24H,6,8,20H2,1-2H3,(H,26,27)/t9-,10?,13?,14?/m1/s1. The molecule has 0 aliphatic carbocycles. The number of amides is 1. The molecule has 1 saturated heterocycles. The summed E-state index contributed by atoms with van der Waals surface area (Å²) in [5.41, 5.74) is 7.75.